The zero-order chi connectivity index (χ0) is 25.8. The van der Waals surface area contributed by atoms with Crippen LogP contribution in [-0.4, -0.2) is 30.9 Å². The van der Waals surface area contributed by atoms with Crippen LogP contribution in [0.5, 0.6) is 11.5 Å². The molecule has 1 aliphatic carbocycles. The van der Waals surface area contributed by atoms with Crippen molar-refractivity contribution in [2.24, 2.45) is 0 Å². The second kappa shape index (κ2) is 11.4. The van der Waals surface area contributed by atoms with E-state index in [1.165, 1.54) is 18.4 Å². The smallest absolute Gasteiger partial charge is 0.156 e. The molecule has 5 heteroatoms. The second-order valence-corrected chi connectivity index (χ2v) is 10.1. The molecule has 0 radical (unpaired) electrons. The van der Waals surface area contributed by atoms with Crippen LogP contribution in [0.4, 0.5) is 4.39 Å². The molecule has 1 saturated carbocycles. The summed E-state index contributed by atoms with van der Waals surface area (Å²) in [7, 11) is 1.65. The molecule has 0 amide bonds. The fourth-order valence-electron chi connectivity index (χ4n) is 4.88. The number of aromatic nitrogens is 1. The van der Waals surface area contributed by atoms with Crippen molar-refractivity contribution in [2.45, 2.75) is 58.5 Å². The molecule has 0 bridgehead atoms. The number of fused-ring (bicyclic) bond motifs is 1. The van der Waals surface area contributed by atoms with Crippen molar-refractivity contribution in [2.75, 3.05) is 20.3 Å². The van der Waals surface area contributed by atoms with E-state index in [0.717, 1.165) is 59.8 Å². The first-order chi connectivity index (χ1) is 18.1. The van der Waals surface area contributed by atoms with Gasteiger partial charge < -0.3 is 19.4 Å². The summed E-state index contributed by atoms with van der Waals surface area (Å²) in [6.45, 7) is 6.37. The number of hydrogen-bond acceptors (Lipinski definition) is 3. The maximum atomic E-state index is 16.2. The predicted octanol–water partition coefficient (Wildman–Crippen LogP) is 7.29. The molecule has 194 valence electrons. The lowest BCUT2D eigenvalue weighted by molar-refractivity contribution is 0.309. The molecule has 0 aliphatic heterocycles. The molecule has 1 aliphatic rings. The average molecular weight is 501 g/mol. The van der Waals surface area contributed by atoms with Crippen molar-refractivity contribution in [3.05, 3.63) is 83.2 Å². The highest BCUT2D eigenvalue weighted by atomic mass is 19.1. The highest BCUT2D eigenvalue weighted by molar-refractivity contribution is 5.90. The minimum Gasteiger partial charge on any atom is -0.497 e. The summed E-state index contributed by atoms with van der Waals surface area (Å²) in [5.74, 6) is 1.26. The number of nitrogens with one attached hydrogen (secondary N) is 1. The Morgan fingerprint density at radius 3 is 2.43 bits per heavy atom. The van der Waals surface area contributed by atoms with Gasteiger partial charge in [0.25, 0.3) is 0 Å². The van der Waals surface area contributed by atoms with E-state index in [1.807, 2.05) is 43.3 Å². The highest BCUT2D eigenvalue weighted by Gasteiger charge is 2.22. The maximum Gasteiger partial charge on any atom is 0.156 e. The number of rotatable bonds is 12. The number of methoxy groups -OCH3 is 1. The molecule has 1 heterocycles. The van der Waals surface area contributed by atoms with E-state index in [0.29, 0.717) is 30.0 Å². The molecule has 0 unspecified atom stereocenters. The van der Waals surface area contributed by atoms with E-state index in [4.69, 9.17) is 9.47 Å². The zero-order valence-electron chi connectivity index (χ0n) is 22.1. The van der Waals surface area contributed by atoms with E-state index >= 15 is 4.39 Å². The van der Waals surface area contributed by atoms with Crippen LogP contribution in [0, 0.1) is 12.7 Å². The Morgan fingerprint density at radius 2 is 1.73 bits per heavy atom. The molecule has 5 rings (SSSR count). The summed E-state index contributed by atoms with van der Waals surface area (Å²) in [5, 5.41) is 4.16. The van der Waals surface area contributed by atoms with E-state index in [-0.39, 0.29) is 5.82 Å². The van der Waals surface area contributed by atoms with Gasteiger partial charge in [-0.2, -0.15) is 0 Å². The van der Waals surface area contributed by atoms with Crippen molar-refractivity contribution in [3.63, 3.8) is 0 Å². The Labute approximate surface area is 219 Å². The molecule has 0 saturated heterocycles. The number of halogens is 1. The first kappa shape index (κ1) is 25.3. The van der Waals surface area contributed by atoms with Crippen molar-refractivity contribution < 1.29 is 13.9 Å². The monoisotopic (exact) mass is 500 g/mol. The fourth-order valence-corrected chi connectivity index (χ4v) is 4.88. The van der Waals surface area contributed by atoms with Crippen LogP contribution in [0.1, 0.15) is 49.3 Å². The van der Waals surface area contributed by atoms with Crippen LogP contribution < -0.4 is 14.8 Å². The third-order valence-electron chi connectivity index (χ3n) is 7.22. The number of benzene rings is 3. The Balaban J connectivity index is 1.49. The summed E-state index contributed by atoms with van der Waals surface area (Å²) < 4.78 is 29.6. The van der Waals surface area contributed by atoms with Gasteiger partial charge in [0.2, 0.25) is 0 Å². The lowest BCUT2D eigenvalue weighted by Crippen LogP contribution is -2.19. The topological polar surface area (TPSA) is 35.4 Å². The molecule has 4 nitrogen and oxygen atoms in total. The van der Waals surface area contributed by atoms with Gasteiger partial charge in [-0.25, -0.2) is 4.39 Å². The van der Waals surface area contributed by atoms with Crippen LogP contribution in [0.3, 0.4) is 0 Å². The summed E-state index contributed by atoms with van der Waals surface area (Å²) in [6.07, 6.45) is 5.68. The summed E-state index contributed by atoms with van der Waals surface area (Å²) in [6, 6.07) is 21.1. The molecule has 4 aromatic rings. The Morgan fingerprint density at radius 1 is 0.973 bits per heavy atom. The van der Waals surface area contributed by atoms with E-state index in [2.05, 4.69) is 41.1 Å². The quantitative estimate of drug-likeness (QED) is 0.208. The van der Waals surface area contributed by atoms with Gasteiger partial charge in [-0.15, -0.1) is 0 Å². The van der Waals surface area contributed by atoms with Gasteiger partial charge in [-0.1, -0.05) is 37.6 Å². The standard InChI is InChI=1S/C32H37FN2O2/c1-4-5-18-37-27-13-15-30-29(20-27)31(33)32(28-14-12-26(36-3)19-22(28)2)35(30)21-24-8-6-23(7-9-24)16-17-34-25-10-11-25/h6-9,12-15,19-20,25,34H,4-5,10-11,16-18,21H2,1-3H3. The van der Waals surface area contributed by atoms with Crippen LogP contribution in [-0.2, 0) is 13.0 Å². The van der Waals surface area contributed by atoms with Gasteiger partial charge >= 0.3 is 0 Å². The number of aryl methyl sites for hydroxylation is 1. The molecule has 0 atom stereocenters. The van der Waals surface area contributed by atoms with E-state index in [1.54, 1.807) is 7.11 Å². The minimum absolute atomic E-state index is 0.216. The number of nitrogens with zero attached hydrogens (tertiary/aromatic N) is 1. The van der Waals surface area contributed by atoms with Crippen LogP contribution in [0.2, 0.25) is 0 Å². The molecule has 3 aromatic carbocycles. The molecule has 1 fully saturated rings. The van der Waals surface area contributed by atoms with Crippen LogP contribution >= 0.6 is 0 Å². The highest BCUT2D eigenvalue weighted by Crippen LogP contribution is 2.37. The Bertz CT molecular complexity index is 1360. The third kappa shape index (κ3) is 5.83. The number of ether oxygens (including phenoxy) is 2. The fraction of sp³-hybridized carbons (Fsp3) is 0.375. The van der Waals surface area contributed by atoms with E-state index < -0.39 is 0 Å². The van der Waals surface area contributed by atoms with Gasteiger partial charge in [0, 0.05) is 23.5 Å². The van der Waals surface area contributed by atoms with Crippen molar-refractivity contribution in [1.29, 1.82) is 0 Å². The molecule has 1 aromatic heterocycles. The minimum atomic E-state index is -0.216. The molecule has 1 N–H and O–H groups in total. The number of hydrogen-bond donors (Lipinski definition) is 1. The lowest BCUT2D eigenvalue weighted by Gasteiger charge is -2.14. The molecular weight excluding hydrogens is 463 g/mol. The van der Waals surface area contributed by atoms with Gasteiger partial charge in [0.1, 0.15) is 11.5 Å². The molecule has 0 spiro atoms. The summed E-state index contributed by atoms with van der Waals surface area (Å²) >= 11 is 0. The van der Waals surface area contributed by atoms with Crippen LogP contribution in [0.15, 0.2) is 60.7 Å². The Kier molecular flexibility index (Phi) is 7.80. The largest absolute Gasteiger partial charge is 0.497 e. The summed E-state index contributed by atoms with van der Waals surface area (Å²) in [4.78, 5) is 0. The first-order valence-corrected chi connectivity index (χ1v) is 13.5. The molecule has 37 heavy (non-hydrogen) atoms. The second-order valence-electron chi connectivity index (χ2n) is 10.1. The maximum absolute atomic E-state index is 16.2. The average Bonchev–Trinajstić information content (AvgIpc) is 3.70. The normalized spacial score (nSPS) is 13.3. The summed E-state index contributed by atoms with van der Waals surface area (Å²) in [5.41, 5.74) is 5.76. The third-order valence-corrected chi connectivity index (χ3v) is 7.22. The SMILES string of the molecule is CCCCOc1ccc2c(c1)c(F)c(-c1ccc(OC)cc1C)n2Cc1ccc(CCNC2CC2)cc1. The van der Waals surface area contributed by atoms with Crippen LogP contribution in [0.25, 0.3) is 22.2 Å². The van der Waals surface area contributed by atoms with Gasteiger partial charge in [0.05, 0.1) is 24.9 Å². The van der Waals surface area contributed by atoms with Gasteiger partial charge in [-0.3, -0.25) is 0 Å². The van der Waals surface area contributed by atoms with Gasteiger partial charge in [0.15, 0.2) is 5.82 Å². The predicted molar refractivity (Wildman–Crippen MR) is 149 cm³/mol. The first-order valence-electron chi connectivity index (χ1n) is 13.5. The lowest BCUT2D eigenvalue weighted by atomic mass is 10.0. The van der Waals surface area contributed by atoms with Crippen molar-refractivity contribution >= 4 is 10.9 Å². The van der Waals surface area contributed by atoms with Gasteiger partial charge in [-0.05, 0) is 92.2 Å². The number of unbranched alkanes of at least 4 members (excludes halogenated alkanes) is 1. The van der Waals surface area contributed by atoms with E-state index in [9.17, 15) is 0 Å². The van der Waals surface area contributed by atoms with Crippen molar-refractivity contribution in [1.82, 2.24) is 9.88 Å². The zero-order valence-corrected chi connectivity index (χ0v) is 22.1. The van der Waals surface area contributed by atoms with Crippen molar-refractivity contribution in [3.8, 4) is 22.8 Å². The Hall–Kier alpha value is -3.31. The molecular formula is C32H37FN2O2.